The van der Waals surface area contributed by atoms with E-state index in [1.54, 1.807) is 52.5 Å². The van der Waals surface area contributed by atoms with Crippen LogP contribution in [0.25, 0.3) is 21.8 Å². The number of hydrogen-bond acceptors (Lipinski definition) is 11. The number of imidazole rings is 1. The molecular weight excluding hydrogens is 987 g/mol. The number of nitrogens with zero attached hydrogens (tertiary/aromatic N) is 7. The van der Waals surface area contributed by atoms with E-state index >= 15 is 8.78 Å². The number of unbranched alkanes of at least 4 members (excludes halogenated alkanes) is 1. The van der Waals surface area contributed by atoms with Crippen LogP contribution in [0.4, 0.5) is 46.5 Å². The van der Waals surface area contributed by atoms with E-state index in [2.05, 4.69) is 25.3 Å². The van der Waals surface area contributed by atoms with Crippen molar-refractivity contribution < 1.29 is 59.3 Å². The molecule has 0 bridgehead atoms. The third-order valence-corrected chi connectivity index (χ3v) is 13.0. The van der Waals surface area contributed by atoms with E-state index < -0.39 is 105 Å². The molecule has 0 saturated carbocycles. The molecule has 0 radical (unpaired) electrons. The number of likely N-dealkylation sites (tertiary alicyclic amines) is 1. The molecule has 2 aromatic carbocycles. The Labute approximate surface area is 411 Å². The number of ether oxygens (including phenoxy) is 2. The maximum Gasteiger partial charge on any atom is 0.420 e. The number of carbonyl (C=O) groups excluding carboxylic acids is 2. The summed E-state index contributed by atoms with van der Waals surface area (Å²) in [6, 6.07) is 5.35. The van der Waals surface area contributed by atoms with Gasteiger partial charge in [-0.3, -0.25) is 19.6 Å². The maximum atomic E-state index is 15.9. The van der Waals surface area contributed by atoms with Gasteiger partial charge in [0.25, 0.3) is 0 Å². The minimum atomic E-state index is -5.21. The molecule has 2 amide bonds. The fourth-order valence-corrected chi connectivity index (χ4v) is 9.58. The molecule has 24 heteroatoms. The van der Waals surface area contributed by atoms with Crippen molar-refractivity contribution in [3.8, 4) is 33.6 Å². The van der Waals surface area contributed by atoms with Crippen LogP contribution in [0.1, 0.15) is 82.4 Å². The number of hydrogen-bond donors (Lipinski definition) is 3. The Morgan fingerprint density at radius 1 is 1.03 bits per heavy atom. The Hall–Kier alpha value is -6.29. The number of aromatic nitrogens is 4. The number of alkyl halides is 6. The highest BCUT2D eigenvalue weighted by Crippen LogP contribution is 2.44. The van der Waals surface area contributed by atoms with Gasteiger partial charge in [-0.15, -0.1) is 11.3 Å². The van der Waals surface area contributed by atoms with E-state index in [4.69, 9.17) is 21.7 Å². The Morgan fingerprint density at radius 2 is 1.76 bits per heavy atom. The van der Waals surface area contributed by atoms with Crippen molar-refractivity contribution >= 4 is 51.9 Å². The first-order chi connectivity index (χ1) is 33.3. The summed E-state index contributed by atoms with van der Waals surface area (Å²) in [5.74, 6) is -3.58. The number of amides is 2. The van der Waals surface area contributed by atoms with Crippen molar-refractivity contribution in [3.05, 3.63) is 94.6 Å². The average molecular weight is 1030 g/mol. The van der Waals surface area contributed by atoms with Crippen LogP contribution < -0.4 is 19.9 Å². The van der Waals surface area contributed by atoms with Gasteiger partial charge in [0.1, 0.15) is 35.5 Å². The second-order valence-corrected chi connectivity index (χ2v) is 19.8. The third-order valence-electron chi connectivity index (χ3n) is 11.8. The van der Waals surface area contributed by atoms with Gasteiger partial charge in [0, 0.05) is 43.9 Å². The fraction of sp³-hybridized carbons (Fsp3) is 0.426. The standard InChI is InChI=1S/C47H47F8N9O5S2/c1-44(2,3)40(42(67)62-21-27(65)15-34(62)41-59-19-32(60-41)35-20-57-24-71-35)61-36(66)22-68-12-6-7-13-69-28-9-10-29(30(16-28)46(50,51)52)39-31(48)14-26(18-58-39)64-43(70)63(23-45(64,4)5)33-11-8-25(17-56)37(38(33)49)47(53,54)55/h8-11,14,16,18-20,24,27,34,40,65H,6-7,12-13,15,21-23H2,1-5H3,(H,59,60)(H,61,66)/t27-,34+,40-/m1/s1. The number of rotatable bonds is 15. The van der Waals surface area contributed by atoms with Crippen molar-refractivity contribution in [1.82, 2.24) is 30.2 Å². The molecule has 0 aliphatic carbocycles. The molecule has 2 fully saturated rings. The molecule has 5 aromatic rings. The summed E-state index contributed by atoms with van der Waals surface area (Å²) >= 11 is 6.93. The summed E-state index contributed by atoms with van der Waals surface area (Å²) in [6.07, 6.45) is -5.75. The number of H-pyrrole nitrogens is 1. The number of pyridine rings is 1. The smallest absolute Gasteiger partial charge is 0.420 e. The number of thiocarbonyl (C=S) groups is 1. The number of β-amino-alcohol motifs (C(OH)–C–C–N with tert-alkyl or cyclic N) is 1. The van der Waals surface area contributed by atoms with E-state index in [1.807, 2.05) is 0 Å². The number of carbonyl (C=O) groups is 2. The molecule has 7 rings (SSSR count). The van der Waals surface area contributed by atoms with Gasteiger partial charge in [-0.25, -0.2) is 13.8 Å². The Kier molecular flexibility index (Phi) is 15.1. The van der Waals surface area contributed by atoms with Crippen molar-refractivity contribution in [2.45, 2.75) is 90.0 Å². The summed E-state index contributed by atoms with van der Waals surface area (Å²) in [5, 5.41) is 22.3. The van der Waals surface area contributed by atoms with Gasteiger partial charge in [0.15, 0.2) is 16.7 Å². The van der Waals surface area contributed by atoms with Crippen molar-refractivity contribution in [2.24, 2.45) is 5.41 Å². The van der Waals surface area contributed by atoms with Crippen LogP contribution >= 0.6 is 23.6 Å². The minimum Gasteiger partial charge on any atom is -0.494 e. The van der Waals surface area contributed by atoms with Gasteiger partial charge in [0.05, 0.1) is 81.3 Å². The summed E-state index contributed by atoms with van der Waals surface area (Å²) in [5.41, 5.74) is -5.37. The highest BCUT2D eigenvalue weighted by molar-refractivity contribution is 7.80. The number of nitriles is 1. The molecule has 0 spiro atoms. The summed E-state index contributed by atoms with van der Waals surface area (Å²) in [6.45, 7) is 8.03. The zero-order valence-corrected chi connectivity index (χ0v) is 40.3. The molecule has 2 aliphatic heterocycles. The van der Waals surface area contributed by atoms with E-state index in [9.17, 15) is 46.3 Å². The van der Waals surface area contributed by atoms with Crippen LogP contribution in [0.15, 0.2) is 60.5 Å². The number of aliphatic hydroxyl groups excluding tert-OH is 1. The van der Waals surface area contributed by atoms with E-state index in [0.29, 0.717) is 24.7 Å². The predicted molar refractivity (Wildman–Crippen MR) is 249 cm³/mol. The molecule has 2 saturated heterocycles. The number of halogens is 8. The number of benzene rings is 2. The first-order valence-corrected chi connectivity index (χ1v) is 23.3. The second-order valence-electron chi connectivity index (χ2n) is 18.6. The van der Waals surface area contributed by atoms with Crippen LogP contribution in [0.2, 0.25) is 0 Å². The highest BCUT2D eigenvalue weighted by atomic mass is 32.1. The summed E-state index contributed by atoms with van der Waals surface area (Å²) < 4.78 is 127. The first kappa shape index (κ1) is 52.5. The summed E-state index contributed by atoms with van der Waals surface area (Å²) in [4.78, 5) is 47.5. The zero-order chi connectivity index (χ0) is 51.8. The molecule has 14 nitrogen and oxygen atoms in total. The maximum absolute atomic E-state index is 15.9. The van der Waals surface area contributed by atoms with Crippen LogP contribution in [0.5, 0.6) is 5.75 Å². The number of nitrogens with one attached hydrogen (secondary N) is 2. The fourth-order valence-electron chi connectivity index (χ4n) is 8.47. The van der Waals surface area contributed by atoms with Crippen LogP contribution in [-0.2, 0) is 26.7 Å². The van der Waals surface area contributed by atoms with E-state index in [-0.39, 0.29) is 49.3 Å². The highest BCUT2D eigenvalue weighted by Gasteiger charge is 2.47. The van der Waals surface area contributed by atoms with E-state index in [1.165, 1.54) is 33.3 Å². The molecule has 0 unspecified atom stereocenters. The monoisotopic (exact) mass is 1030 g/mol. The molecule has 3 N–H and O–H groups in total. The molecule has 2 aliphatic rings. The molecule has 378 valence electrons. The van der Waals surface area contributed by atoms with Crippen molar-refractivity contribution in [1.29, 1.82) is 5.26 Å². The Balaban J connectivity index is 0.931. The van der Waals surface area contributed by atoms with Gasteiger partial charge >= 0.3 is 12.4 Å². The topological polar surface area (TPSA) is 173 Å². The lowest BCUT2D eigenvalue weighted by Gasteiger charge is -2.35. The number of anilines is 2. The molecule has 5 heterocycles. The van der Waals surface area contributed by atoms with E-state index in [0.717, 1.165) is 45.9 Å². The zero-order valence-electron chi connectivity index (χ0n) is 38.7. The lowest BCUT2D eigenvalue weighted by atomic mass is 9.85. The van der Waals surface area contributed by atoms with Crippen LogP contribution in [-0.4, -0.2) is 97.5 Å². The molecule has 71 heavy (non-hydrogen) atoms. The van der Waals surface area contributed by atoms with Gasteiger partial charge in [-0.2, -0.15) is 31.6 Å². The Bertz CT molecular complexity index is 2830. The lowest BCUT2D eigenvalue weighted by Crippen LogP contribution is -2.55. The number of thiazole rings is 1. The normalized spacial score (nSPS) is 17.7. The van der Waals surface area contributed by atoms with Gasteiger partial charge in [0.2, 0.25) is 11.8 Å². The van der Waals surface area contributed by atoms with Gasteiger partial charge in [-0.1, -0.05) is 20.8 Å². The SMILES string of the molecule is CC(C)(C)[C@H](NC(=O)COCCCCOc1ccc(-c2ncc(N3C(=S)N(c4ccc(C#N)c(C(F)(F)F)c4F)CC3(C)C)cc2F)c(C(F)(F)F)c1)C(=O)N1C[C@H](O)C[C@H]1c1ncc(-c2cncs2)[nH]1. The van der Waals surface area contributed by atoms with Gasteiger partial charge < -0.3 is 39.6 Å². The quantitative estimate of drug-likeness (QED) is 0.0517. The lowest BCUT2D eigenvalue weighted by molar-refractivity contribution is -0.141. The average Bonchev–Trinajstić information content (AvgIpc) is 4.11. The largest absolute Gasteiger partial charge is 0.494 e. The summed E-state index contributed by atoms with van der Waals surface area (Å²) in [7, 11) is 0. The minimum absolute atomic E-state index is 0.0420. The van der Waals surface area contributed by atoms with Gasteiger partial charge in [-0.05, 0) is 74.7 Å². The van der Waals surface area contributed by atoms with Crippen LogP contribution in [0, 0.1) is 28.4 Å². The number of aromatic amines is 1. The number of aliphatic hydroxyl groups is 1. The second kappa shape index (κ2) is 20.4. The third kappa shape index (κ3) is 11.4. The van der Waals surface area contributed by atoms with Crippen molar-refractivity contribution in [2.75, 3.05) is 42.7 Å². The molecular formula is C47H47F8N9O5S2. The predicted octanol–water partition coefficient (Wildman–Crippen LogP) is 9.21. The molecule has 3 aromatic heterocycles. The van der Waals surface area contributed by atoms with Crippen molar-refractivity contribution in [3.63, 3.8) is 0 Å². The first-order valence-electron chi connectivity index (χ1n) is 22.0. The van der Waals surface area contributed by atoms with Crippen LogP contribution in [0.3, 0.4) is 0 Å². The molecule has 3 atom stereocenters. The Morgan fingerprint density at radius 3 is 2.41 bits per heavy atom.